The average Bonchev–Trinajstić information content (AvgIpc) is 3.00. The zero-order valence-corrected chi connectivity index (χ0v) is 10.3. The van der Waals surface area contributed by atoms with Gasteiger partial charge in [-0.15, -0.1) is 0 Å². The van der Waals surface area contributed by atoms with Gasteiger partial charge in [0.2, 0.25) is 11.7 Å². The molecule has 0 amide bonds. The molecular formula is C12H16N2O4. The second-order valence-electron chi connectivity index (χ2n) is 5.28. The first-order valence-electron chi connectivity index (χ1n) is 6.31. The van der Waals surface area contributed by atoms with Crippen LogP contribution in [0.1, 0.15) is 50.2 Å². The Hall–Kier alpha value is -1.43. The number of rotatable bonds is 3. The van der Waals surface area contributed by atoms with E-state index in [1.807, 2.05) is 6.92 Å². The molecule has 18 heavy (non-hydrogen) atoms. The second-order valence-corrected chi connectivity index (χ2v) is 5.28. The molecule has 1 N–H and O–H groups in total. The zero-order chi connectivity index (χ0) is 12.8. The van der Waals surface area contributed by atoms with Crippen LogP contribution in [-0.2, 0) is 15.1 Å². The molecule has 0 spiro atoms. The van der Waals surface area contributed by atoms with Gasteiger partial charge in [0, 0.05) is 6.61 Å². The molecule has 3 rings (SSSR count). The molecule has 1 saturated carbocycles. The maximum absolute atomic E-state index is 10.8. The molecule has 1 saturated heterocycles. The van der Waals surface area contributed by atoms with Gasteiger partial charge in [-0.1, -0.05) is 5.16 Å². The predicted molar refractivity (Wildman–Crippen MR) is 59.9 cm³/mol. The molecule has 6 nitrogen and oxygen atoms in total. The third kappa shape index (κ3) is 1.90. The lowest BCUT2D eigenvalue weighted by Gasteiger charge is -2.30. The summed E-state index contributed by atoms with van der Waals surface area (Å²) in [6.07, 6.45) is 3.61. The summed E-state index contributed by atoms with van der Waals surface area (Å²) in [5.41, 5.74) is -0.479. The van der Waals surface area contributed by atoms with Crippen molar-refractivity contribution >= 4 is 5.97 Å². The highest BCUT2D eigenvalue weighted by molar-refractivity contribution is 5.74. The van der Waals surface area contributed by atoms with Gasteiger partial charge >= 0.3 is 5.97 Å². The van der Waals surface area contributed by atoms with E-state index in [2.05, 4.69) is 10.1 Å². The number of ether oxygens (including phenoxy) is 1. The third-order valence-corrected chi connectivity index (χ3v) is 3.81. The number of carboxylic acids is 1. The topological polar surface area (TPSA) is 85.5 Å². The number of carboxylic acid groups (broad SMARTS) is 1. The minimum absolute atomic E-state index is 0.115. The molecule has 1 aromatic rings. The van der Waals surface area contributed by atoms with Crippen molar-refractivity contribution in [3.63, 3.8) is 0 Å². The lowest BCUT2D eigenvalue weighted by Crippen LogP contribution is -2.31. The SMILES string of the molecule is CC1(c2noc(C3CC3C(=O)O)n2)CCCCO1. The van der Waals surface area contributed by atoms with Gasteiger partial charge in [0.15, 0.2) is 0 Å². The molecule has 0 radical (unpaired) electrons. The van der Waals surface area contributed by atoms with E-state index in [0.29, 0.717) is 24.7 Å². The summed E-state index contributed by atoms with van der Waals surface area (Å²) in [6, 6.07) is 0. The van der Waals surface area contributed by atoms with Gasteiger partial charge in [-0.3, -0.25) is 4.79 Å². The Morgan fingerprint density at radius 2 is 2.33 bits per heavy atom. The van der Waals surface area contributed by atoms with Crippen LogP contribution in [0.25, 0.3) is 0 Å². The van der Waals surface area contributed by atoms with Crippen LogP contribution in [0.15, 0.2) is 4.52 Å². The number of carbonyl (C=O) groups is 1. The van der Waals surface area contributed by atoms with Gasteiger partial charge in [0.05, 0.1) is 11.8 Å². The number of aromatic nitrogens is 2. The molecule has 3 atom stereocenters. The summed E-state index contributed by atoms with van der Waals surface area (Å²) in [4.78, 5) is 15.1. The highest BCUT2D eigenvalue weighted by Crippen LogP contribution is 2.47. The summed E-state index contributed by atoms with van der Waals surface area (Å²) < 4.78 is 10.9. The Balaban J connectivity index is 1.76. The molecule has 98 valence electrons. The van der Waals surface area contributed by atoms with Crippen molar-refractivity contribution in [2.75, 3.05) is 6.61 Å². The summed E-state index contributed by atoms with van der Waals surface area (Å²) in [6.45, 7) is 2.67. The van der Waals surface area contributed by atoms with Crippen molar-refractivity contribution in [3.05, 3.63) is 11.7 Å². The van der Waals surface area contributed by atoms with Crippen molar-refractivity contribution in [1.82, 2.24) is 10.1 Å². The molecular weight excluding hydrogens is 236 g/mol. The predicted octanol–water partition coefficient (Wildman–Crippen LogP) is 1.67. The van der Waals surface area contributed by atoms with E-state index in [9.17, 15) is 4.79 Å². The van der Waals surface area contributed by atoms with Crippen LogP contribution in [-0.4, -0.2) is 27.8 Å². The molecule has 1 aliphatic carbocycles. The van der Waals surface area contributed by atoms with Crippen LogP contribution in [0.4, 0.5) is 0 Å². The molecule has 1 aromatic heterocycles. The Morgan fingerprint density at radius 3 is 2.94 bits per heavy atom. The number of hydrogen-bond acceptors (Lipinski definition) is 5. The minimum atomic E-state index is -0.792. The van der Waals surface area contributed by atoms with E-state index in [1.165, 1.54) is 0 Å². The Labute approximate surface area is 104 Å². The quantitative estimate of drug-likeness (QED) is 0.880. The standard InChI is InChI=1S/C12H16N2O4/c1-12(4-2-3-5-17-12)11-13-9(18-14-11)7-6-8(7)10(15)16/h7-8H,2-6H2,1H3,(H,15,16). The van der Waals surface area contributed by atoms with E-state index in [1.54, 1.807) is 0 Å². The van der Waals surface area contributed by atoms with E-state index in [0.717, 1.165) is 19.3 Å². The first-order chi connectivity index (χ1) is 8.60. The van der Waals surface area contributed by atoms with Gasteiger partial charge in [0.25, 0.3) is 0 Å². The lowest BCUT2D eigenvalue weighted by molar-refractivity contribution is -0.138. The Kier molecular flexibility index (Phi) is 2.62. The first kappa shape index (κ1) is 11.6. The van der Waals surface area contributed by atoms with Crippen molar-refractivity contribution in [1.29, 1.82) is 0 Å². The Morgan fingerprint density at radius 1 is 1.50 bits per heavy atom. The number of nitrogens with zero attached hydrogens (tertiary/aromatic N) is 2. The lowest BCUT2D eigenvalue weighted by atomic mass is 9.95. The molecule has 3 unspecified atom stereocenters. The van der Waals surface area contributed by atoms with Crippen molar-refractivity contribution < 1.29 is 19.2 Å². The fraction of sp³-hybridized carbons (Fsp3) is 0.750. The van der Waals surface area contributed by atoms with Crippen molar-refractivity contribution in [2.24, 2.45) is 5.92 Å². The van der Waals surface area contributed by atoms with Crippen LogP contribution in [0.3, 0.4) is 0 Å². The van der Waals surface area contributed by atoms with Crippen LogP contribution in [0.2, 0.25) is 0 Å². The van der Waals surface area contributed by atoms with Gasteiger partial charge in [0.1, 0.15) is 5.60 Å². The molecule has 6 heteroatoms. The largest absolute Gasteiger partial charge is 0.481 e. The highest BCUT2D eigenvalue weighted by atomic mass is 16.5. The van der Waals surface area contributed by atoms with Crippen molar-refractivity contribution in [3.8, 4) is 0 Å². The van der Waals surface area contributed by atoms with Crippen LogP contribution in [0.5, 0.6) is 0 Å². The second kappa shape index (κ2) is 4.05. The van der Waals surface area contributed by atoms with Crippen LogP contribution in [0, 0.1) is 5.92 Å². The number of hydrogen-bond donors (Lipinski definition) is 1. The normalized spacial score (nSPS) is 35.4. The van der Waals surface area contributed by atoms with Gasteiger partial charge in [-0.05, 0) is 32.6 Å². The molecule has 0 bridgehead atoms. The van der Waals surface area contributed by atoms with Crippen LogP contribution < -0.4 is 0 Å². The maximum Gasteiger partial charge on any atom is 0.307 e. The van der Waals surface area contributed by atoms with Gasteiger partial charge in [-0.2, -0.15) is 4.98 Å². The van der Waals surface area contributed by atoms with Crippen LogP contribution >= 0.6 is 0 Å². The van der Waals surface area contributed by atoms with Gasteiger partial charge < -0.3 is 14.4 Å². The maximum atomic E-state index is 10.8. The monoisotopic (exact) mass is 252 g/mol. The first-order valence-corrected chi connectivity index (χ1v) is 6.31. The molecule has 2 heterocycles. The summed E-state index contributed by atoms with van der Waals surface area (Å²) >= 11 is 0. The molecule has 2 fully saturated rings. The van der Waals surface area contributed by atoms with Crippen molar-refractivity contribution in [2.45, 2.75) is 44.1 Å². The average molecular weight is 252 g/mol. The highest BCUT2D eigenvalue weighted by Gasteiger charge is 2.49. The summed E-state index contributed by atoms with van der Waals surface area (Å²) in [7, 11) is 0. The van der Waals surface area contributed by atoms with E-state index < -0.39 is 11.6 Å². The fourth-order valence-corrected chi connectivity index (χ4v) is 2.45. The molecule has 1 aliphatic heterocycles. The fourth-order valence-electron chi connectivity index (χ4n) is 2.45. The number of aliphatic carboxylic acids is 1. The Bertz CT molecular complexity index is 464. The van der Waals surface area contributed by atoms with E-state index in [4.69, 9.17) is 14.4 Å². The third-order valence-electron chi connectivity index (χ3n) is 3.81. The van der Waals surface area contributed by atoms with E-state index in [-0.39, 0.29) is 11.8 Å². The van der Waals surface area contributed by atoms with E-state index >= 15 is 0 Å². The summed E-state index contributed by atoms with van der Waals surface area (Å²) in [5, 5.41) is 12.8. The zero-order valence-electron chi connectivity index (χ0n) is 10.3. The molecule has 0 aromatic carbocycles. The molecule has 2 aliphatic rings. The minimum Gasteiger partial charge on any atom is -0.481 e. The van der Waals surface area contributed by atoms with Gasteiger partial charge in [-0.25, -0.2) is 0 Å². The smallest absolute Gasteiger partial charge is 0.307 e. The summed E-state index contributed by atoms with van der Waals surface area (Å²) in [5.74, 6) is -0.282.